The predicted octanol–water partition coefficient (Wildman–Crippen LogP) is 4.96. The second-order valence-electron chi connectivity index (χ2n) is 9.04. The number of piperidine rings is 1. The van der Waals surface area contributed by atoms with Gasteiger partial charge >= 0.3 is 0 Å². The van der Waals surface area contributed by atoms with Gasteiger partial charge in [0.2, 0.25) is 5.91 Å². The molecule has 1 aromatic carbocycles. The third-order valence-corrected chi connectivity index (χ3v) is 7.34. The fourth-order valence-electron chi connectivity index (χ4n) is 5.23. The van der Waals surface area contributed by atoms with Crippen LogP contribution in [0.5, 0.6) is 5.75 Å². The number of allylic oxidation sites excluding steroid dienone is 2. The molecule has 0 spiro atoms. The Kier molecular flexibility index (Phi) is 7.91. The van der Waals surface area contributed by atoms with Crippen molar-refractivity contribution in [1.82, 2.24) is 14.9 Å². The Labute approximate surface area is 212 Å². The summed E-state index contributed by atoms with van der Waals surface area (Å²) in [6.45, 7) is 2.81. The minimum Gasteiger partial charge on any atom is -0.495 e. The van der Waals surface area contributed by atoms with Gasteiger partial charge in [0.25, 0.3) is 0 Å². The monoisotopic (exact) mass is 500 g/mol. The van der Waals surface area contributed by atoms with Gasteiger partial charge in [-0.2, -0.15) is 5.10 Å². The molecule has 180 valence electrons. The maximum atomic E-state index is 13.5. The molecule has 1 fully saturated rings. The van der Waals surface area contributed by atoms with Crippen LogP contribution >= 0.6 is 24.0 Å². The number of benzene rings is 1. The summed E-state index contributed by atoms with van der Waals surface area (Å²) in [5.41, 5.74) is 3.21. The molecule has 5 rings (SSSR count). The summed E-state index contributed by atoms with van der Waals surface area (Å²) in [4.78, 5) is 20.0. The number of amides is 1. The smallest absolute Gasteiger partial charge is 0.247 e. The predicted molar refractivity (Wildman–Crippen MR) is 137 cm³/mol. The number of likely N-dealkylation sites (tertiary alicyclic amines) is 1. The van der Waals surface area contributed by atoms with Crippen molar-refractivity contribution in [3.05, 3.63) is 71.0 Å². The second-order valence-corrected chi connectivity index (χ2v) is 9.44. The molecule has 2 aliphatic heterocycles. The van der Waals surface area contributed by atoms with Crippen LogP contribution < -0.4 is 4.74 Å². The molecule has 1 aliphatic carbocycles. The van der Waals surface area contributed by atoms with Gasteiger partial charge in [0.05, 0.1) is 29.8 Å². The zero-order valence-electron chi connectivity index (χ0n) is 19.3. The molecule has 8 heteroatoms. The van der Waals surface area contributed by atoms with E-state index in [1.54, 1.807) is 12.1 Å². The molecule has 0 saturated carbocycles. The van der Waals surface area contributed by atoms with E-state index in [1.165, 1.54) is 5.56 Å². The maximum Gasteiger partial charge on any atom is 0.247 e. The van der Waals surface area contributed by atoms with Crippen molar-refractivity contribution in [2.45, 2.75) is 38.3 Å². The Morgan fingerprint density at radius 3 is 2.44 bits per heavy atom. The van der Waals surface area contributed by atoms with Crippen LogP contribution in [0.2, 0.25) is 5.02 Å². The Balaban J connectivity index is 0.00000274. The second kappa shape index (κ2) is 10.9. The average molecular weight is 501 g/mol. The molecule has 0 N–H and O–H groups in total. The van der Waals surface area contributed by atoms with Crippen molar-refractivity contribution in [3.8, 4) is 5.75 Å². The number of ether oxygens (including phenoxy) is 1. The van der Waals surface area contributed by atoms with E-state index in [0.717, 1.165) is 56.6 Å². The van der Waals surface area contributed by atoms with E-state index < -0.39 is 0 Å². The summed E-state index contributed by atoms with van der Waals surface area (Å²) in [6.07, 6.45) is 11.4. The van der Waals surface area contributed by atoms with Gasteiger partial charge in [0.1, 0.15) is 5.75 Å². The molecule has 2 aromatic rings. The largest absolute Gasteiger partial charge is 0.495 e. The number of halogens is 2. The van der Waals surface area contributed by atoms with E-state index in [0.29, 0.717) is 10.8 Å². The highest BCUT2D eigenvalue weighted by molar-refractivity contribution is 6.32. The molecule has 1 saturated heterocycles. The number of nitrogens with zero attached hydrogens (tertiary/aromatic N) is 4. The molecular formula is C26H30Cl2N4O2. The SMILES string of the molecule is COc1ccc(C2=NN(C3CCN(Cc4ccncc4)CC3)C(=O)[C@@H]3CC=CC[C@H]23)cc1Cl.Cl. The Bertz CT molecular complexity index is 1070. The minimum absolute atomic E-state index is 0. The van der Waals surface area contributed by atoms with Gasteiger partial charge in [-0.25, -0.2) is 5.01 Å². The average Bonchev–Trinajstić information content (AvgIpc) is 2.86. The molecule has 0 unspecified atom stereocenters. The van der Waals surface area contributed by atoms with E-state index in [9.17, 15) is 4.79 Å². The lowest BCUT2D eigenvalue weighted by atomic mass is 9.76. The third-order valence-electron chi connectivity index (χ3n) is 7.05. The number of rotatable bonds is 5. The molecule has 3 aliphatic rings. The van der Waals surface area contributed by atoms with Crippen LogP contribution in [-0.4, -0.2) is 52.8 Å². The first-order valence-corrected chi connectivity index (χ1v) is 12.0. The first-order chi connectivity index (χ1) is 16.1. The standard InChI is InChI=1S/C26H29ClN4O2.ClH/c1-33-24-7-6-19(16-23(24)27)25-21-4-2-3-5-22(21)26(32)31(29-25)20-10-14-30(15-11-20)17-18-8-12-28-13-9-18;/h2-3,6-9,12-13,16,20-22H,4-5,10-11,14-15,17H2,1H3;1H/t21-,22+;/m0./s1. The van der Waals surface area contributed by atoms with Crippen LogP contribution in [-0.2, 0) is 11.3 Å². The molecule has 2 atom stereocenters. The fraction of sp³-hybridized carbons (Fsp3) is 0.423. The van der Waals surface area contributed by atoms with Crippen molar-refractivity contribution < 1.29 is 9.53 Å². The lowest BCUT2D eigenvalue weighted by Gasteiger charge is -2.42. The third kappa shape index (κ3) is 4.99. The van der Waals surface area contributed by atoms with Gasteiger partial charge in [0.15, 0.2) is 0 Å². The molecule has 34 heavy (non-hydrogen) atoms. The van der Waals surface area contributed by atoms with Crippen LogP contribution in [0.25, 0.3) is 0 Å². The number of carbonyl (C=O) groups is 1. The summed E-state index contributed by atoms with van der Waals surface area (Å²) >= 11 is 6.44. The van der Waals surface area contributed by atoms with Crippen molar-refractivity contribution in [2.75, 3.05) is 20.2 Å². The zero-order chi connectivity index (χ0) is 22.8. The maximum absolute atomic E-state index is 13.5. The molecular weight excluding hydrogens is 471 g/mol. The first-order valence-electron chi connectivity index (χ1n) is 11.7. The highest BCUT2D eigenvalue weighted by Gasteiger charge is 2.42. The summed E-state index contributed by atoms with van der Waals surface area (Å²) in [6, 6.07) is 10.1. The Morgan fingerprint density at radius 1 is 1.06 bits per heavy atom. The van der Waals surface area contributed by atoms with E-state index in [1.807, 2.05) is 30.6 Å². The Morgan fingerprint density at radius 2 is 1.76 bits per heavy atom. The topological polar surface area (TPSA) is 58.0 Å². The molecule has 0 radical (unpaired) electrons. The first kappa shape index (κ1) is 24.7. The van der Waals surface area contributed by atoms with Gasteiger partial charge < -0.3 is 4.74 Å². The van der Waals surface area contributed by atoms with Crippen LogP contribution in [0.3, 0.4) is 0 Å². The van der Waals surface area contributed by atoms with Gasteiger partial charge in [0, 0.05) is 37.9 Å². The van der Waals surface area contributed by atoms with Gasteiger partial charge in [-0.15, -0.1) is 12.4 Å². The van der Waals surface area contributed by atoms with Crippen molar-refractivity contribution >= 4 is 35.6 Å². The number of methoxy groups -OCH3 is 1. The molecule has 3 heterocycles. The number of hydrazone groups is 1. The van der Waals surface area contributed by atoms with Crippen molar-refractivity contribution in [1.29, 1.82) is 0 Å². The van der Waals surface area contributed by atoms with Crippen LogP contribution in [0.15, 0.2) is 60.0 Å². The van der Waals surface area contributed by atoms with Crippen molar-refractivity contribution in [3.63, 3.8) is 0 Å². The van der Waals surface area contributed by atoms with Crippen LogP contribution in [0.1, 0.15) is 36.8 Å². The minimum atomic E-state index is -0.0572. The number of pyridine rings is 1. The fourth-order valence-corrected chi connectivity index (χ4v) is 5.48. The highest BCUT2D eigenvalue weighted by Crippen LogP contribution is 2.37. The lowest BCUT2D eigenvalue weighted by molar-refractivity contribution is -0.141. The van der Waals surface area contributed by atoms with Crippen molar-refractivity contribution in [2.24, 2.45) is 16.9 Å². The van der Waals surface area contributed by atoms with Gasteiger partial charge in [-0.05, 0) is 67.1 Å². The number of aromatic nitrogens is 1. The number of hydrogen-bond acceptors (Lipinski definition) is 5. The van der Waals surface area contributed by atoms with Crippen LogP contribution in [0.4, 0.5) is 0 Å². The lowest BCUT2D eigenvalue weighted by Crippen LogP contribution is -2.52. The van der Waals surface area contributed by atoms with Crippen LogP contribution in [0, 0.1) is 11.8 Å². The van der Waals surface area contributed by atoms with E-state index in [2.05, 4.69) is 34.2 Å². The molecule has 1 amide bonds. The highest BCUT2D eigenvalue weighted by atomic mass is 35.5. The Hall–Kier alpha value is -2.41. The summed E-state index contributed by atoms with van der Waals surface area (Å²) in [5, 5.41) is 7.35. The molecule has 1 aromatic heterocycles. The van der Waals surface area contributed by atoms with E-state index >= 15 is 0 Å². The summed E-state index contributed by atoms with van der Waals surface area (Å²) in [7, 11) is 1.61. The number of fused-ring (bicyclic) bond motifs is 1. The number of carbonyl (C=O) groups excluding carboxylic acids is 1. The molecule has 6 nitrogen and oxygen atoms in total. The summed E-state index contributed by atoms with van der Waals surface area (Å²) in [5.74, 6) is 0.847. The molecule has 0 bridgehead atoms. The van der Waals surface area contributed by atoms with Gasteiger partial charge in [-0.3, -0.25) is 14.7 Å². The normalized spacial score (nSPS) is 23.2. The van der Waals surface area contributed by atoms with Gasteiger partial charge in [-0.1, -0.05) is 23.8 Å². The van der Waals surface area contributed by atoms with E-state index in [-0.39, 0.29) is 36.2 Å². The quantitative estimate of drug-likeness (QED) is 0.544. The van der Waals surface area contributed by atoms with E-state index in [4.69, 9.17) is 21.4 Å². The number of hydrogen-bond donors (Lipinski definition) is 0. The summed E-state index contributed by atoms with van der Waals surface area (Å²) < 4.78 is 5.32. The zero-order valence-corrected chi connectivity index (χ0v) is 20.8.